The fourth-order valence-electron chi connectivity index (χ4n) is 3.85. The lowest BCUT2D eigenvalue weighted by Crippen LogP contribution is -2.16. The Balaban J connectivity index is 1.55. The highest BCUT2D eigenvalue weighted by Crippen LogP contribution is 2.57. The third kappa shape index (κ3) is 2.61. The summed E-state index contributed by atoms with van der Waals surface area (Å²) < 4.78 is 29.1. The fourth-order valence-corrected chi connectivity index (χ4v) is 3.85. The summed E-state index contributed by atoms with van der Waals surface area (Å²) in [5.74, 6) is -0.507. The molecule has 0 spiro atoms. The molecule has 7 heteroatoms. The Kier molecular flexibility index (Phi) is 3.40. The smallest absolute Gasteiger partial charge is 0.277 e. The van der Waals surface area contributed by atoms with Crippen LogP contribution in [0, 0.1) is 24.5 Å². The molecule has 1 fully saturated rings. The van der Waals surface area contributed by atoms with Crippen molar-refractivity contribution in [2.24, 2.45) is 5.92 Å². The molecular formula is C20H16F2N4O. The highest BCUT2D eigenvalue weighted by Gasteiger charge is 2.50. The molecule has 2 aromatic heterocycles. The molecule has 5 nitrogen and oxygen atoms in total. The lowest BCUT2D eigenvalue weighted by Gasteiger charge is -2.07. The number of fused-ring (bicyclic) bond motifs is 3. The van der Waals surface area contributed by atoms with E-state index in [1.54, 1.807) is 12.3 Å². The molecule has 136 valence electrons. The number of anilines is 1. The van der Waals surface area contributed by atoms with Crippen LogP contribution >= 0.6 is 0 Å². The molecule has 5 rings (SSSR count). The van der Waals surface area contributed by atoms with Crippen molar-refractivity contribution in [3.8, 4) is 5.69 Å². The van der Waals surface area contributed by atoms with E-state index in [4.69, 9.17) is 0 Å². The number of hydrogen-bond donors (Lipinski definition) is 1. The zero-order chi connectivity index (χ0) is 18.7. The predicted molar refractivity (Wildman–Crippen MR) is 95.0 cm³/mol. The van der Waals surface area contributed by atoms with Crippen LogP contribution in [0.2, 0.25) is 0 Å². The molecule has 2 aliphatic rings. The van der Waals surface area contributed by atoms with Crippen LogP contribution in [0.25, 0.3) is 5.69 Å². The molecule has 1 amide bonds. The molecule has 27 heavy (non-hydrogen) atoms. The lowest BCUT2D eigenvalue weighted by molar-refractivity contribution is 0.102. The van der Waals surface area contributed by atoms with E-state index in [9.17, 15) is 13.6 Å². The van der Waals surface area contributed by atoms with Crippen molar-refractivity contribution in [1.82, 2.24) is 14.8 Å². The van der Waals surface area contributed by atoms with Crippen molar-refractivity contribution in [2.75, 3.05) is 5.32 Å². The highest BCUT2D eigenvalue weighted by atomic mass is 19.1. The summed E-state index contributed by atoms with van der Waals surface area (Å²) in [4.78, 5) is 17.0. The maximum Gasteiger partial charge on any atom is 0.277 e. The third-order valence-corrected chi connectivity index (χ3v) is 5.27. The van der Waals surface area contributed by atoms with Gasteiger partial charge in [-0.2, -0.15) is 5.10 Å². The number of carbonyl (C=O) groups excluding carboxylic acids is 1. The predicted octanol–water partition coefficient (Wildman–Crippen LogP) is 3.77. The van der Waals surface area contributed by atoms with Gasteiger partial charge in [-0.3, -0.25) is 4.79 Å². The first kappa shape index (κ1) is 16.1. The monoisotopic (exact) mass is 366 g/mol. The summed E-state index contributed by atoms with van der Waals surface area (Å²) in [6.07, 6.45) is 3.44. The van der Waals surface area contributed by atoms with Crippen molar-refractivity contribution in [3.05, 3.63) is 70.7 Å². The van der Waals surface area contributed by atoms with Crippen LogP contribution in [0.5, 0.6) is 0 Å². The van der Waals surface area contributed by atoms with E-state index in [1.807, 2.05) is 13.0 Å². The number of hydrogen-bond acceptors (Lipinski definition) is 3. The van der Waals surface area contributed by atoms with Crippen molar-refractivity contribution in [3.63, 3.8) is 0 Å². The number of aryl methyl sites for hydroxylation is 1. The van der Waals surface area contributed by atoms with E-state index in [0.717, 1.165) is 35.7 Å². The number of nitrogens with one attached hydrogen (secondary N) is 1. The molecule has 0 unspecified atom stereocenters. The number of pyridine rings is 1. The highest BCUT2D eigenvalue weighted by molar-refractivity contribution is 6.03. The molecule has 3 aromatic rings. The minimum Gasteiger partial charge on any atom is -0.305 e. The number of aromatic nitrogens is 3. The summed E-state index contributed by atoms with van der Waals surface area (Å²) >= 11 is 0. The molecule has 1 N–H and O–H groups in total. The largest absolute Gasteiger partial charge is 0.305 e. The van der Waals surface area contributed by atoms with Crippen LogP contribution in [0.1, 0.15) is 39.6 Å². The van der Waals surface area contributed by atoms with Gasteiger partial charge in [0.2, 0.25) is 0 Å². The van der Waals surface area contributed by atoms with Gasteiger partial charge in [-0.1, -0.05) is 6.07 Å². The SMILES string of the molecule is Cc1ccc(NC(=O)c2nn(-c3ccc(F)cc3F)c3c2C[C@@H]2C[C@H]32)nc1. The van der Waals surface area contributed by atoms with Crippen LogP contribution in [0.3, 0.4) is 0 Å². The Hall–Kier alpha value is -3.09. The van der Waals surface area contributed by atoms with E-state index >= 15 is 0 Å². The fraction of sp³-hybridized carbons (Fsp3) is 0.250. The number of carbonyl (C=O) groups is 1. The standard InChI is InChI=1S/C20H16F2N4O/c1-10-2-5-17(23-9-10)24-20(27)18-14-7-11-6-13(11)19(14)26(25-18)16-4-3-12(21)8-15(16)22/h2-5,8-9,11,13H,6-7H2,1H3,(H,23,24,27)/t11-,13-/m0/s1. The van der Waals surface area contributed by atoms with Crippen LogP contribution in [0.15, 0.2) is 36.5 Å². The van der Waals surface area contributed by atoms with Gasteiger partial charge in [0.1, 0.15) is 17.3 Å². The molecule has 2 atom stereocenters. The minimum absolute atomic E-state index is 0.160. The molecule has 1 aromatic carbocycles. The second-order valence-corrected chi connectivity index (χ2v) is 7.20. The molecule has 0 radical (unpaired) electrons. The summed E-state index contributed by atoms with van der Waals surface area (Å²) in [6.45, 7) is 1.91. The first-order valence-corrected chi connectivity index (χ1v) is 8.82. The number of benzene rings is 1. The maximum absolute atomic E-state index is 14.3. The first-order chi connectivity index (χ1) is 13.0. The van der Waals surface area contributed by atoms with E-state index in [0.29, 0.717) is 11.7 Å². The van der Waals surface area contributed by atoms with Gasteiger partial charge in [-0.25, -0.2) is 18.4 Å². The molecule has 2 aliphatic carbocycles. The van der Waals surface area contributed by atoms with E-state index in [1.165, 1.54) is 16.8 Å². The quantitative estimate of drug-likeness (QED) is 0.768. The van der Waals surface area contributed by atoms with Gasteiger partial charge >= 0.3 is 0 Å². The third-order valence-electron chi connectivity index (χ3n) is 5.27. The number of amides is 1. The van der Waals surface area contributed by atoms with Crippen LogP contribution in [-0.4, -0.2) is 20.7 Å². The van der Waals surface area contributed by atoms with Crippen LogP contribution in [-0.2, 0) is 6.42 Å². The summed E-state index contributed by atoms with van der Waals surface area (Å²) in [7, 11) is 0. The lowest BCUT2D eigenvalue weighted by atomic mass is 10.1. The minimum atomic E-state index is -0.698. The molecular weight excluding hydrogens is 350 g/mol. The maximum atomic E-state index is 14.3. The molecule has 0 saturated heterocycles. The normalized spacial score (nSPS) is 19.5. The average Bonchev–Trinajstić information content (AvgIpc) is 3.14. The number of nitrogens with zero attached hydrogens (tertiary/aromatic N) is 3. The van der Waals surface area contributed by atoms with Crippen LogP contribution < -0.4 is 5.32 Å². The number of rotatable bonds is 3. The Bertz CT molecular complexity index is 1070. The first-order valence-electron chi connectivity index (χ1n) is 8.82. The second kappa shape index (κ2) is 5.70. The molecule has 0 bridgehead atoms. The zero-order valence-electron chi connectivity index (χ0n) is 14.5. The average molecular weight is 366 g/mol. The molecule has 0 aliphatic heterocycles. The van der Waals surface area contributed by atoms with Crippen molar-refractivity contribution >= 4 is 11.7 Å². The Labute approximate surface area is 154 Å². The molecule has 1 saturated carbocycles. The van der Waals surface area contributed by atoms with Gasteiger partial charge in [0, 0.05) is 23.7 Å². The Morgan fingerprint density at radius 1 is 1.26 bits per heavy atom. The Morgan fingerprint density at radius 2 is 2.11 bits per heavy atom. The van der Waals surface area contributed by atoms with Gasteiger partial charge < -0.3 is 5.32 Å². The van der Waals surface area contributed by atoms with Gasteiger partial charge in [-0.15, -0.1) is 0 Å². The summed E-state index contributed by atoms with van der Waals surface area (Å²) in [5, 5.41) is 7.15. The van der Waals surface area contributed by atoms with E-state index in [2.05, 4.69) is 15.4 Å². The van der Waals surface area contributed by atoms with E-state index in [-0.39, 0.29) is 23.2 Å². The van der Waals surface area contributed by atoms with Gasteiger partial charge in [0.25, 0.3) is 5.91 Å². The van der Waals surface area contributed by atoms with Gasteiger partial charge in [0.15, 0.2) is 11.5 Å². The van der Waals surface area contributed by atoms with Crippen molar-refractivity contribution in [2.45, 2.75) is 25.7 Å². The molecule has 2 heterocycles. The van der Waals surface area contributed by atoms with Gasteiger partial charge in [0.05, 0.1) is 5.69 Å². The Morgan fingerprint density at radius 3 is 2.85 bits per heavy atom. The van der Waals surface area contributed by atoms with Crippen molar-refractivity contribution in [1.29, 1.82) is 0 Å². The number of halogens is 2. The van der Waals surface area contributed by atoms with Crippen LogP contribution in [0.4, 0.5) is 14.6 Å². The summed E-state index contributed by atoms with van der Waals surface area (Å²) in [6, 6.07) is 6.97. The topological polar surface area (TPSA) is 59.8 Å². The second-order valence-electron chi connectivity index (χ2n) is 7.20. The van der Waals surface area contributed by atoms with Crippen molar-refractivity contribution < 1.29 is 13.6 Å². The zero-order valence-corrected chi connectivity index (χ0v) is 14.5. The van der Waals surface area contributed by atoms with E-state index < -0.39 is 11.6 Å². The summed E-state index contributed by atoms with van der Waals surface area (Å²) in [5.41, 5.74) is 3.15. The van der Waals surface area contributed by atoms with Gasteiger partial charge in [-0.05, 0) is 49.4 Å².